The van der Waals surface area contributed by atoms with Crippen molar-refractivity contribution in [2.24, 2.45) is 5.92 Å². The number of aromatic nitrogens is 2. The SMILES string of the molecule is CC.CC.CC.CC.CC.CC.CC.CC(C)C1=CC=CC1.CC(C)c1cc[nH]c1.CC(C)c1ccco1.CC(C)c1cccs1.CC(C)c1ccoc1.CC(C)c1ccsc1.CC(C)n1cccc1. The maximum atomic E-state index is 5.09. The maximum Gasteiger partial charge on any atom is 0.106 e. The highest BCUT2D eigenvalue weighted by Crippen LogP contribution is 2.20. The van der Waals surface area contributed by atoms with Crippen molar-refractivity contribution in [3.63, 3.8) is 0 Å². The molecule has 6 heteroatoms. The number of allylic oxidation sites excluding steroid dienone is 4. The number of aromatic amines is 1. The van der Waals surface area contributed by atoms with Gasteiger partial charge in [0.05, 0.1) is 18.8 Å². The summed E-state index contributed by atoms with van der Waals surface area (Å²) in [5.41, 5.74) is 5.66. The summed E-state index contributed by atoms with van der Waals surface area (Å²) in [4.78, 5) is 4.49. The fraction of sp³-hybridized carbons (Fsp3) is 0.562. The molecular weight excluding hydrogens is 893 g/mol. The van der Waals surface area contributed by atoms with Crippen molar-refractivity contribution in [2.75, 3.05) is 0 Å². The molecule has 6 aromatic rings. The number of furan rings is 2. The van der Waals surface area contributed by atoms with Gasteiger partial charge in [-0.2, -0.15) is 11.3 Å². The number of hydrogen-bond donors (Lipinski definition) is 1. The van der Waals surface area contributed by atoms with E-state index in [1.165, 1.54) is 28.0 Å². The molecule has 0 atom stereocenters. The Balaban J connectivity index is -0.000000127. The van der Waals surface area contributed by atoms with Crippen LogP contribution in [0.25, 0.3) is 0 Å². The molecule has 0 amide bonds. The van der Waals surface area contributed by atoms with Gasteiger partial charge in [-0.1, -0.05) is 210 Å². The molecule has 70 heavy (non-hydrogen) atoms. The molecule has 7 rings (SSSR count). The molecule has 0 radical (unpaired) electrons. The third-order valence-electron chi connectivity index (χ3n) is 8.70. The minimum absolute atomic E-state index is 0.519. The number of hydrogen-bond acceptors (Lipinski definition) is 4. The molecule has 0 saturated heterocycles. The van der Waals surface area contributed by atoms with Crippen LogP contribution in [0.4, 0.5) is 0 Å². The average Bonchev–Trinajstić information content (AvgIpc) is 4.26. The summed E-state index contributed by atoms with van der Waals surface area (Å²) in [6, 6.07) is 19.1. The fourth-order valence-corrected chi connectivity index (χ4v) is 6.29. The lowest BCUT2D eigenvalue weighted by atomic mass is 10.0. The van der Waals surface area contributed by atoms with E-state index in [1.807, 2.05) is 151 Å². The van der Waals surface area contributed by atoms with E-state index >= 15 is 0 Å². The van der Waals surface area contributed by atoms with Crippen molar-refractivity contribution in [3.05, 3.63) is 165 Å². The van der Waals surface area contributed by atoms with Gasteiger partial charge in [0.1, 0.15) is 5.76 Å². The van der Waals surface area contributed by atoms with E-state index in [9.17, 15) is 0 Å². The van der Waals surface area contributed by atoms with E-state index in [1.54, 1.807) is 35.7 Å². The molecule has 1 aliphatic carbocycles. The first-order valence-electron chi connectivity index (χ1n) is 27.3. The second kappa shape index (κ2) is 61.1. The second-order valence-corrected chi connectivity index (χ2v) is 17.6. The Morgan fingerprint density at radius 1 is 0.514 bits per heavy atom. The van der Waals surface area contributed by atoms with Crippen LogP contribution >= 0.6 is 22.7 Å². The zero-order chi connectivity index (χ0) is 55.9. The highest BCUT2D eigenvalue weighted by molar-refractivity contribution is 7.10. The maximum absolute atomic E-state index is 5.09. The summed E-state index contributed by atoms with van der Waals surface area (Å²) in [5.74, 6) is 4.96. The largest absolute Gasteiger partial charge is 0.472 e. The van der Waals surface area contributed by atoms with Gasteiger partial charge in [-0.3, -0.25) is 0 Å². The Labute approximate surface area is 446 Å². The van der Waals surface area contributed by atoms with Crippen molar-refractivity contribution in [2.45, 2.75) is 236 Å². The molecule has 0 aromatic carbocycles. The zero-order valence-electron chi connectivity index (χ0n) is 51.0. The van der Waals surface area contributed by atoms with Crippen molar-refractivity contribution < 1.29 is 8.83 Å². The van der Waals surface area contributed by atoms with Gasteiger partial charge in [-0.25, -0.2) is 0 Å². The smallest absolute Gasteiger partial charge is 0.106 e. The lowest BCUT2D eigenvalue weighted by Crippen LogP contribution is -1.94. The molecule has 0 fully saturated rings. The highest BCUT2D eigenvalue weighted by atomic mass is 32.1. The van der Waals surface area contributed by atoms with Gasteiger partial charge in [-0.05, 0) is 131 Å². The Kier molecular flexibility index (Phi) is 69.9. The molecule has 406 valence electrons. The first kappa shape index (κ1) is 80.1. The van der Waals surface area contributed by atoms with Crippen LogP contribution < -0.4 is 0 Å². The molecule has 0 saturated carbocycles. The monoisotopic (exact) mass is 1010 g/mol. The number of nitrogens with one attached hydrogen (secondary N) is 1. The topological polar surface area (TPSA) is 47.0 Å². The number of rotatable bonds is 7. The minimum Gasteiger partial charge on any atom is -0.472 e. The minimum atomic E-state index is 0.519. The Morgan fingerprint density at radius 2 is 1.06 bits per heavy atom. The van der Waals surface area contributed by atoms with Crippen LogP contribution in [-0.4, -0.2) is 9.55 Å². The van der Waals surface area contributed by atoms with Crippen LogP contribution in [0.2, 0.25) is 0 Å². The van der Waals surface area contributed by atoms with E-state index in [2.05, 4.69) is 178 Å². The zero-order valence-corrected chi connectivity index (χ0v) is 52.7. The van der Waals surface area contributed by atoms with E-state index < -0.39 is 0 Å². The summed E-state index contributed by atoms with van der Waals surface area (Å²) in [6.07, 6.45) is 21.1. The Bertz CT molecular complexity index is 1420. The summed E-state index contributed by atoms with van der Waals surface area (Å²) in [6.45, 7) is 58.5. The number of H-pyrrole nitrogens is 1. The standard InChI is InChI=1S/C8H12.2C7H11N.2C7H10O.2C7H10S.7C2H6/c1-7(2)8-5-3-4-6-8;1-6(2)7-3-4-8-5-7;1-7(2)8-5-3-4-6-8;1-6(2)7-3-4-8-5-7;1-6(2)7-4-3-5-8-7;1-6(2)7-3-4-8-5-7;1-6(2)7-4-3-5-8-7;7*1-2/h3-5,7H,6H2,1-2H3;3-6,8H,1-2H3;3-7H,1-2H3;4*3-6H,1-2H3;7*1-2H3. The Morgan fingerprint density at radius 3 is 1.26 bits per heavy atom. The molecule has 1 aliphatic rings. The van der Waals surface area contributed by atoms with Gasteiger partial charge < -0.3 is 18.4 Å². The van der Waals surface area contributed by atoms with Gasteiger partial charge in [-0.15, -0.1) is 11.3 Å². The third kappa shape index (κ3) is 47.7. The summed E-state index contributed by atoms with van der Waals surface area (Å²) < 4.78 is 12.1. The van der Waals surface area contributed by atoms with Crippen LogP contribution in [0.3, 0.4) is 0 Å². The van der Waals surface area contributed by atoms with Crippen molar-refractivity contribution in [1.29, 1.82) is 0 Å². The van der Waals surface area contributed by atoms with Gasteiger partial charge in [0.25, 0.3) is 0 Å². The van der Waals surface area contributed by atoms with Gasteiger partial charge in [0, 0.05) is 41.6 Å². The summed E-state index contributed by atoms with van der Waals surface area (Å²) in [7, 11) is 0. The first-order valence-corrected chi connectivity index (χ1v) is 29.2. The summed E-state index contributed by atoms with van der Waals surface area (Å²) >= 11 is 3.60. The van der Waals surface area contributed by atoms with Crippen LogP contribution in [-0.2, 0) is 0 Å². The van der Waals surface area contributed by atoms with E-state index in [4.69, 9.17) is 8.83 Å². The van der Waals surface area contributed by atoms with Crippen LogP contribution in [0, 0.1) is 5.92 Å². The molecule has 4 nitrogen and oxygen atoms in total. The van der Waals surface area contributed by atoms with Gasteiger partial charge >= 0.3 is 0 Å². The molecule has 0 bridgehead atoms. The lowest BCUT2D eigenvalue weighted by Gasteiger charge is -2.03. The van der Waals surface area contributed by atoms with Gasteiger partial charge in [0.15, 0.2) is 0 Å². The normalized spacial score (nSPS) is 9.73. The van der Waals surface area contributed by atoms with Crippen LogP contribution in [0.15, 0.2) is 147 Å². The predicted molar refractivity (Wildman–Crippen MR) is 328 cm³/mol. The van der Waals surface area contributed by atoms with E-state index in [0.717, 1.165) is 11.7 Å². The van der Waals surface area contributed by atoms with Crippen molar-refractivity contribution in [3.8, 4) is 0 Å². The van der Waals surface area contributed by atoms with Crippen molar-refractivity contribution >= 4 is 22.7 Å². The second-order valence-electron chi connectivity index (χ2n) is 15.8. The van der Waals surface area contributed by atoms with Crippen molar-refractivity contribution in [1.82, 2.24) is 9.55 Å². The predicted octanol–water partition coefficient (Wildman–Crippen LogP) is 24.5. The average molecular weight is 1010 g/mol. The molecule has 0 spiro atoms. The Hall–Kier alpha value is -4.00. The molecule has 6 heterocycles. The third-order valence-corrected chi connectivity index (χ3v) is 10.6. The first-order chi connectivity index (χ1) is 33.6. The van der Waals surface area contributed by atoms with Gasteiger partial charge in [0.2, 0.25) is 0 Å². The molecular formula is C64H116N2O2S2. The number of thiophene rings is 2. The molecule has 0 unspecified atom stereocenters. The number of nitrogens with zero attached hydrogens (tertiary/aromatic N) is 1. The highest BCUT2D eigenvalue weighted by Gasteiger charge is 2.02. The van der Waals surface area contributed by atoms with E-state index in [0.29, 0.717) is 35.6 Å². The molecule has 0 aliphatic heterocycles. The summed E-state index contributed by atoms with van der Waals surface area (Å²) in [5, 5.41) is 6.44. The molecule has 1 N–H and O–H groups in total. The quantitative estimate of drug-likeness (QED) is 0.173. The fourth-order valence-electron chi connectivity index (χ4n) is 4.73. The van der Waals surface area contributed by atoms with E-state index in [-0.39, 0.29) is 0 Å². The molecule has 6 aromatic heterocycles. The van der Waals surface area contributed by atoms with Crippen LogP contribution in [0.1, 0.15) is 263 Å². The lowest BCUT2D eigenvalue weighted by molar-refractivity contribution is 0.487. The van der Waals surface area contributed by atoms with Crippen LogP contribution in [0.5, 0.6) is 0 Å².